The second-order valence-electron chi connectivity index (χ2n) is 4.82. The third kappa shape index (κ3) is 2.37. The van der Waals surface area contributed by atoms with Gasteiger partial charge in [-0.1, -0.05) is 12.1 Å². The Morgan fingerprint density at radius 2 is 1.71 bits per heavy atom. The number of nitrogens with zero attached hydrogens (tertiary/aromatic N) is 1. The van der Waals surface area contributed by atoms with E-state index >= 15 is 0 Å². The Hall–Kier alpha value is -2.36. The van der Waals surface area contributed by atoms with Crippen molar-refractivity contribution in [2.75, 3.05) is 20.8 Å². The maximum Gasteiger partial charge on any atom is 0.161 e. The van der Waals surface area contributed by atoms with Crippen LogP contribution in [0.2, 0.25) is 0 Å². The lowest BCUT2D eigenvalue weighted by Crippen LogP contribution is -2.16. The van der Waals surface area contributed by atoms with Crippen molar-refractivity contribution in [2.45, 2.75) is 6.42 Å². The monoisotopic (exact) mass is 285 g/mol. The first kappa shape index (κ1) is 13.6. The summed E-state index contributed by atoms with van der Waals surface area (Å²) in [5.41, 5.74) is 3.20. The smallest absolute Gasteiger partial charge is 0.161 e. The van der Waals surface area contributed by atoms with E-state index in [1.165, 1.54) is 6.07 Å². The molecular formula is C17H16FNO2. The van der Waals surface area contributed by atoms with Gasteiger partial charge in [0.05, 0.1) is 19.9 Å². The lowest BCUT2D eigenvalue weighted by Gasteiger charge is -2.20. The quantitative estimate of drug-likeness (QED) is 0.867. The van der Waals surface area contributed by atoms with E-state index < -0.39 is 0 Å². The molecule has 108 valence electrons. The molecule has 0 amide bonds. The largest absolute Gasteiger partial charge is 0.493 e. The number of hydrogen-bond donors (Lipinski definition) is 0. The van der Waals surface area contributed by atoms with E-state index in [4.69, 9.17) is 9.47 Å². The summed E-state index contributed by atoms with van der Waals surface area (Å²) >= 11 is 0. The van der Waals surface area contributed by atoms with Crippen LogP contribution in [0.5, 0.6) is 11.5 Å². The molecule has 0 radical (unpaired) electrons. The number of hydrogen-bond acceptors (Lipinski definition) is 3. The van der Waals surface area contributed by atoms with Gasteiger partial charge in [-0.2, -0.15) is 0 Å². The Morgan fingerprint density at radius 1 is 1.00 bits per heavy atom. The fraction of sp³-hybridized carbons (Fsp3) is 0.235. The molecule has 0 atom stereocenters. The van der Waals surface area contributed by atoms with Crippen LogP contribution in [-0.2, 0) is 6.42 Å². The normalized spacial score (nSPS) is 13.4. The molecule has 0 saturated carbocycles. The van der Waals surface area contributed by atoms with Gasteiger partial charge in [-0.3, -0.25) is 4.99 Å². The van der Waals surface area contributed by atoms with Crippen molar-refractivity contribution in [3.8, 4) is 11.5 Å². The van der Waals surface area contributed by atoms with Crippen molar-refractivity contribution < 1.29 is 13.9 Å². The average molecular weight is 285 g/mol. The number of fused-ring (bicyclic) bond motifs is 1. The number of rotatable bonds is 3. The van der Waals surface area contributed by atoms with Crippen molar-refractivity contribution in [3.05, 3.63) is 58.9 Å². The fourth-order valence-electron chi connectivity index (χ4n) is 2.61. The molecule has 2 aromatic carbocycles. The van der Waals surface area contributed by atoms with Gasteiger partial charge in [0, 0.05) is 17.7 Å². The first-order valence-electron chi connectivity index (χ1n) is 6.79. The topological polar surface area (TPSA) is 30.8 Å². The first-order chi connectivity index (χ1) is 10.2. The van der Waals surface area contributed by atoms with Gasteiger partial charge in [-0.25, -0.2) is 4.39 Å². The molecule has 2 aromatic rings. The lowest BCUT2D eigenvalue weighted by molar-refractivity contribution is 0.354. The molecule has 0 aromatic heterocycles. The molecule has 4 heteroatoms. The van der Waals surface area contributed by atoms with Crippen molar-refractivity contribution >= 4 is 5.71 Å². The van der Waals surface area contributed by atoms with E-state index in [0.717, 1.165) is 17.5 Å². The van der Waals surface area contributed by atoms with E-state index in [1.54, 1.807) is 26.4 Å². The van der Waals surface area contributed by atoms with Crippen LogP contribution in [0.25, 0.3) is 0 Å². The lowest BCUT2D eigenvalue weighted by atomic mass is 9.92. The van der Waals surface area contributed by atoms with Crippen LogP contribution in [0, 0.1) is 5.82 Å². The average Bonchev–Trinajstić information content (AvgIpc) is 2.53. The zero-order valence-corrected chi connectivity index (χ0v) is 12.0. The number of methoxy groups -OCH3 is 2. The van der Waals surface area contributed by atoms with E-state index in [2.05, 4.69) is 4.99 Å². The SMILES string of the molecule is COc1cc2c(cc1OC)C(c1ccccc1F)=NCC2. The highest BCUT2D eigenvalue weighted by Gasteiger charge is 2.21. The Kier molecular flexibility index (Phi) is 3.60. The van der Waals surface area contributed by atoms with Crippen molar-refractivity contribution in [3.63, 3.8) is 0 Å². The van der Waals surface area contributed by atoms with Crippen LogP contribution in [0.4, 0.5) is 4.39 Å². The molecule has 1 heterocycles. The molecule has 1 aliphatic heterocycles. The molecule has 21 heavy (non-hydrogen) atoms. The Balaban J connectivity index is 2.16. The zero-order chi connectivity index (χ0) is 14.8. The summed E-state index contributed by atoms with van der Waals surface area (Å²) in [6.45, 7) is 0.645. The van der Waals surface area contributed by atoms with Crippen LogP contribution in [-0.4, -0.2) is 26.5 Å². The highest BCUT2D eigenvalue weighted by Crippen LogP contribution is 2.33. The van der Waals surface area contributed by atoms with Gasteiger partial charge in [-0.15, -0.1) is 0 Å². The minimum atomic E-state index is -0.265. The standard InChI is InChI=1S/C17H16FNO2/c1-20-15-9-11-7-8-19-17(13(11)10-16(15)21-2)12-5-3-4-6-14(12)18/h3-6,9-10H,7-8H2,1-2H3. The van der Waals surface area contributed by atoms with Gasteiger partial charge < -0.3 is 9.47 Å². The Bertz CT molecular complexity index is 710. The molecule has 0 N–H and O–H groups in total. The summed E-state index contributed by atoms with van der Waals surface area (Å²) in [7, 11) is 3.20. The summed E-state index contributed by atoms with van der Waals surface area (Å²) in [6.07, 6.45) is 0.813. The fourth-order valence-corrected chi connectivity index (χ4v) is 2.61. The second kappa shape index (κ2) is 5.56. The minimum absolute atomic E-state index is 0.265. The summed E-state index contributed by atoms with van der Waals surface area (Å²) in [5, 5.41) is 0. The van der Waals surface area contributed by atoms with E-state index in [-0.39, 0.29) is 5.82 Å². The molecule has 3 nitrogen and oxygen atoms in total. The summed E-state index contributed by atoms with van der Waals surface area (Å²) in [4.78, 5) is 4.51. The van der Waals surface area contributed by atoms with Crippen molar-refractivity contribution in [1.29, 1.82) is 0 Å². The van der Waals surface area contributed by atoms with E-state index in [1.807, 2.05) is 18.2 Å². The van der Waals surface area contributed by atoms with Gasteiger partial charge in [0.2, 0.25) is 0 Å². The molecule has 0 saturated heterocycles. The Labute approximate surface area is 123 Å². The van der Waals surface area contributed by atoms with Gasteiger partial charge in [0.1, 0.15) is 5.82 Å². The number of halogens is 1. The second-order valence-corrected chi connectivity index (χ2v) is 4.82. The van der Waals surface area contributed by atoms with E-state index in [0.29, 0.717) is 29.3 Å². The number of ether oxygens (including phenoxy) is 2. The van der Waals surface area contributed by atoms with Gasteiger partial charge in [-0.05, 0) is 36.2 Å². The highest BCUT2D eigenvalue weighted by atomic mass is 19.1. The van der Waals surface area contributed by atoms with Crippen molar-refractivity contribution in [1.82, 2.24) is 0 Å². The molecule has 1 aliphatic rings. The predicted octanol–water partition coefficient (Wildman–Crippen LogP) is 3.24. The third-order valence-electron chi connectivity index (χ3n) is 3.64. The summed E-state index contributed by atoms with van der Waals surface area (Å²) in [6, 6.07) is 10.5. The maximum atomic E-state index is 14.1. The van der Waals surface area contributed by atoms with E-state index in [9.17, 15) is 4.39 Å². The van der Waals surface area contributed by atoms with Crippen molar-refractivity contribution in [2.24, 2.45) is 4.99 Å². The van der Waals surface area contributed by atoms with Crippen LogP contribution < -0.4 is 9.47 Å². The van der Waals surface area contributed by atoms with Gasteiger partial charge in [0.15, 0.2) is 11.5 Å². The Morgan fingerprint density at radius 3 is 2.43 bits per heavy atom. The number of benzene rings is 2. The summed E-state index contributed by atoms with van der Waals surface area (Å²) in [5.74, 6) is 1.05. The molecule has 0 bridgehead atoms. The zero-order valence-electron chi connectivity index (χ0n) is 12.0. The maximum absolute atomic E-state index is 14.1. The first-order valence-corrected chi connectivity index (χ1v) is 6.79. The summed E-state index contributed by atoms with van der Waals surface area (Å²) < 4.78 is 24.7. The van der Waals surface area contributed by atoms with Crippen LogP contribution >= 0.6 is 0 Å². The minimum Gasteiger partial charge on any atom is -0.493 e. The van der Waals surface area contributed by atoms with Crippen LogP contribution in [0.1, 0.15) is 16.7 Å². The third-order valence-corrected chi connectivity index (χ3v) is 3.64. The van der Waals surface area contributed by atoms with Crippen LogP contribution in [0.3, 0.4) is 0 Å². The molecule has 0 aliphatic carbocycles. The molecule has 3 rings (SSSR count). The van der Waals surface area contributed by atoms with Gasteiger partial charge >= 0.3 is 0 Å². The van der Waals surface area contributed by atoms with Gasteiger partial charge in [0.25, 0.3) is 0 Å². The number of aliphatic imine (C=N–C) groups is 1. The predicted molar refractivity (Wildman–Crippen MR) is 80.2 cm³/mol. The molecule has 0 unspecified atom stereocenters. The molecular weight excluding hydrogens is 269 g/mol. The van der Waals surface area contributed by atoms with Crippen LogP contribution in [0.15, 0.2) is 41.4 Å². The molecule has 0 spiro atoms. The highest BCUT2D eigenvalue weighted by molar-refractivity contribution is 6.14. The molecule has 0 fully saturated rings.